The largest absolute Gasteiger partial charge is 0.365 e. The number of nitrogens with zero attached hydrogens (tertiary/aromatic N) is 1. The van der Waals surface area contributed by atoms with Gasteiger partial charge in [0.2, 0.25) is 0 Å². The molecule has 0 atom stereocenters. The fourth-order valence-electron chi connectivity index (χ4n) is 2.89. The molecule has 0 spiro atoms. The van der Waals surface area contributed by atoms with Crippen LogP contribution in [0.4, 0.5) is 15.6 Å². The van der Waals surface area contributed by atoms with Gasteiger partial charge in [-0.3, -0.25) is 4.79 Å². The molecule has 0 saturated heterocycles. The van der Waals surface area contributed by atoms with Gasteiger partial charge in [0.15, 0.2) is 5.13 Å². The van der Waals surface area contributed by atoms with Crippen LogP contribution in [0.5, 0.6) is 0 Å². The van der Waals surface area contributed by atoms with E-state index in [0.29, 0.717) is 23.8 Å². The number of carbonyl (C=O) groups is 2. The van der Waals surface area contributed by atoms with Crippen LogP contribution in [0.15, 0.2) is 29.6 Å². The van der Waals surface area contributed by atoms with Gasteiger partial charge in [0.05, 0.1) is 12.2 Å². The first-order valence-electron chi connectivity index (χ1n) is 8.72. The van der Waals surface area contributed by atoms with Crippen molar-refractivity contribution in [2.45, 2.75) is 38.3 Å². The number of hydrogen-bond donors (Lipinski definition) is 4. The molecule has 0 aliphatic heterocycles. The molecule has 0 unspecified atom stereocenters. The van der Waals surface area contributed by atoms with Crippen LogP contribution in [-0.2, 0) is 6.54 Å². The summed E-state index contributed by atoms with van der Waals surface area (Å²) in [7, 11) is 1.81. The average Bonchev–Trinajstić information content (AvgIpc) is 3.32. The zero-order valence-corrected chi connectivity index (χ0v) is 15.5. The van der Waals surface area contributed by atoms with Crippen LogP contribution >= 0.6 is 11.3 Å². The van der Waals surface area contributed by atoms with Gasteiger partial charge in [0.1, 0.15) is 0 Å². The Labute approximate surface area is 156 Å². The summed E-state index contributed by atoms with van der Waals surface area (Å²) in [5.74, 6) is -0.0585. The molecule has 1 aliphatic carbocycles. The first kappa shape index (κ1) is 18.2. The number of anilines is 2. The van der Waals surface area contributed by atoms with Crippen molar-refractivity contribution in [3.05, 3.63) is 40.9 Å². The van der Waals surface area contributed by atoms with E-state index in [0.717, 1.165) is 23.7 Å². The quantitative estimate of drug-likeness (QED) is 0.625. The summed E-state index contributed by atoms with van der Waals surface area (Å²) >= 11 is 1.49. The van der Waals surface area contributed by atoms with Crippen LogP contribution in [0.2, 0.25) is 0 Å². The Hall–Kier alpha value is -2.61. The molecule has 3 rings (SSSR count). The molecule has 7 nitrogen and oxygen atoms in total. The summed E-state index contributed by atoms with van der Waals surface area (Å²) in [6.07, 6.45) is 4.47. The number of benzene rings is 1. The lowest BCUT2D eigenvalue weighted by atomic mass is 10.1. The molecule has 0 radical (unpaired) electrons. The van der Waals surface area contributed by atoms with Crippen molar-refractivity contribution in [3.8, 4) is 0 Å². The van der Waals surface area contributed by atoms with E-state index in [1.54, 1.807) is 31.3 Å². The second-order valence-corrected chi connectivity index (χ2v) is 7.09. The molecular formula is C18H23N5O2S. The number of aromatic nitrogens is 1. The smallest absolute Gasteiger partial charge is 0.319 e. The van der Waals surface area contributed by atoms with Gasteiger partial charge in [-0.1, -0.05) is 12.8 Å². The topological polar surface area (TPSA) is 95.2 Å². The average molecular weight is 373 g/mol. The predicted octanol–water partition coefficient (Wildman–Crippen LogP) is 3.18. The molecule has 1 aliphatic rings. The Morgan fingerprint density at radius 2 is 1.92 bits per heavy atom. The fraction of sp³-hybridized carbons (Fsp3) is 0.389. The number of thiazole rings is 1. The lowest BCUT2D eigenvalue weighted by Crippen LogP contribution is -2.32. The van der Waals surface area contributed by atoms with Crippen molar-refractivity contribution in [3.63, 3.8) is 0 Å². The molecule has 1 fully saturated rings. The van der Waals surface area contributed by atoms with Crippen LogP contribution < -0.4 is 21.3 Å². The maximum atomic E-state index is 12.2. The van der Waals surface area contributed by atoms with Crippen molar-refractivity contribution in [2.24, 2.45) is 0 Å². The van der Waals surface area contributed by atoms with Gasteiger partial charge in [0, 0.05) is 29.7 Å². The molecule has 4 N–H and O–H groups in total. The zero-order valence-electron chi connectivity index (χ0n) is 14.7. The van der Waals surface area contributed by atoms with E-state index in [-0.39, 0.29) is 11.9 Å². The summed E-state index contributed by atoms with van der Waals surface area (Å²) in [4.78, 5) is 28.5. The maximum absolute atomic E-state index is 12.2. The van der Waals surface area contributed by atoms with Gasteiger partial charge in [0.25, 0.3) is 5.91 Å². The second kappa shape index (κ2) is 8.66. The Balaban J connectivity index is 1.46. The van der Waals surface area contributed by atoms with Crippen LogP contribution in [0.3, 0.4) is 0 Å². The minimum Gasteiger partial charge on any atom is -0.365 e. The van der Waals surface area contributed by atoms with Crippen molar-refractivity contribution < 1.29 is 9.59 Å². The normalized spacial score (nSPS) is 14.0. The Bertz CT molecular complexity index is 753. The SMILES string of the molecule is CNc1nc(CNC(=O)Nc2ccc(C(=O)NC3CCCC3)cc2)cs1. The molecule has 2 aromatic rings. The first-order chi connectivity index (χ1) is 12.6. The van der Waals surface area contributed by atoms with Gasteiger partial charge < -0.3 is 21.3 Å². The van der Waals surface area contributed by atoms with Crippen molar-refractivity contribution in [1.82, 2.24) is 15.6 Å². The molecule has 1 aromatic heterocycles. The van der Waals surface area contributed by atoms with Crippen molar-refractivity contribution >= 4 is 34.1 Å². The number of rotatable bonds is 6. The molecule has 138 valence electrons. The summed E-state index contributed by atoms with van der Waals surface area (Å²) < 4.78 is 0. The van der Waals surface area contributed by atoms with Crippen LogP contribution in [0.1, 0.15) is 41.7 Å². The Morgan fingerprint density at radius 1 is 1.19 bits per heavy atom. The highest BCUT2D eigenvalue weighted by atomic mass is 32.1. The molecule has 3 amide bonds. The third-order valence-corrected chi connectivity index (χ3v) is 5.20. The van der Waals surface area contributed by atoms with E-state index in [9.17, 15) is 9.59 Å². The maximum Gasteiger partial charge on any atom is 0.319 e. The van der Waals surface area contributed by atoms with E-state index >= 15 is 0 Å². The van der Waals surface area contributed by atoms with Crippen molar-refractivity contribution in [1.29, 1.82) is 0 Å². The summed E-state index contributed by atoms with van der Waals surface area (Å²) in [6, 6.07) is 6.88. The summed E-state index contributed by atoms with van der Waals surface area (Å²) in [5.41, 5.74) is 2.03. The number of carbonyl (C=O) groups excluding carboxylic acids is 2. The Kier molecular flexibility index (Phi) is 6.06. The lowest BCUT2D eigenvalue weighted by molar-refractivity contribution is 0.0938. The molecule has 8 heteroatoms. The monoisotopic (exact) mass is 373 g/mol. The van der Waals surface area contributed by atoms with Crippen LogP contribution in [0, 0.1) is 0 Å². The fourth-order valence-corrected chi connectivity index (χ4v) is 3.56. The van der Waals surface area contributed by atoms with Gasteiger partial charge in [-0.05, 0) is 37.1 Å². The highest BCUT2D eigenvalue weighted by Gasteiger charge is 2.17. The van der Waals surface area contributed by atoms with E-state index in [1.165, 1.54) is 24.2 Å². The van der Waals surface area contributed by atoms with Gasteiger partial charge in [-0.2, -0.15) is 0 Å². The molecule has 1 saturated carbocycles. The van der Waals surface area contributed by atoms with E-state index in [2.05, 4.69) is 26.3 Å². The second-order valence-electron chi connectivity index (χ2n) is 6.23. The number of amides is 3. The number of nitrogens with one attached hydrogen (secondary N) is 4. The van der Waals surface area contributed by atoms with Gasteiger partial charge in [-0.15, -0.1) is 11.3 Å². The highest BCUT2D eigenvalue weighted by Crippen LogP contribution is 2.18. The Morgan fingerprint density at radius 3 is 2.58 bits per heavy atom. The highest BCUT2D eigenvalue weighted by molar-refractivity contribution is 7.13. The zero-order chi connectivity index (χ0) is 18.4. The van der Waals surface area contributed by atoms with Gasteiger partial charge >= 0.3 is 6.03 Å². The van der Waals surface area contributed by atoms with Crippen LogP contribution in [0.25, 0.3) is 0 Å². The minimum absolute atomic E-state index is 0.0585. The molecular weight excluding hydrogens is 350 g/mol. The standard InChI is InChI=1S/C18H23N5O2S/c1-19-18-23-15(11-26-18)10-20-17(25)22-14-8-6-12(7-9-14)16(24)21-13-4-2-3-5-13/h6-9,11,13H,2-5,10H2,1H3,(H,19,23)(H,21,24)(H2,20,22,25). The summed E-state index contributed by atoms with van der Waals surface area (Å²) in [5, 5.41) is 14.2. The third kappa shape index (κ3) is 4.95. The predicted molar refractivity (Wildman–Crippen MR) is 104 cm³/mol. The van der Waals surface area contributed by atoms with E-state index < -0.39 is 0 Å². The minimum atomic E-state index is -0.313. The molecule has 26 heavy (non-hydrogen) atoms. The lowest BCUT2D eigenvalue weighted by Gasteiger charge is -2.12. The third-order valence-electron chi connectivity index (χ3n) is 4.29. The number of urea groups is 1. The number of hydrogen-bond acceptors (Lipinski definition) is 5. The molecule has 1 heterocycles. The first-order valence-corrected chi connectivity index (χ1v) is 9.60. The summed E-state index contributed by atoms with van der Waals surface area (Å²) in [6.45, 7) is 0.353. The van der Waals surface area contributed by atoms with Crippen molar-refractivity contribution in [2.75, 3.05) is 17.7 Å². The van der Waals surface area contributed by atoms with E-state index in [4.69, 9.17) is 0 Å². The molecule has 0 bridgehead atoms. The van der Waals surface area contributed by atoms with Gasteiger partial charge in [-0.25, -0.2) is 9.78 Å². The molecule has 1 aromatic carbocycles. The van der Waals surface area contributed by atoms with E-state index in [1.807, 2.05) is 5.38 Å². The van der Waals surface area contributed by atoms with Crippen LogP contribution in [-0.4, -0.2) is 30.0 Å².